The topological polar surface area (TPSA) is 0 Å². The van der Waals surface area contributed by atoms with Crippen LogP contribution in [0, 0.1) is 0 Å². The van der Waals surface area contributed by atoms with Gasteiger partial charge in [-0.2, -0.15) is 0 Å². The van der Waals surface area contributed by atoms with Crippen LogP contribution < -0.4 is 0 Å². The smallest absolute Gasteiger partial charge is 0.0683 e. The lowest BCUT2D eigenvalue weighted by Gasteiger charge is -1.07. The van der Waals surface area contributed by atoms with Crippen LogP contribution in [0.3, 0.4) is 0 Å². The van der Waals surface area contributed by atoms with Gasteiger partial charge in [-0.05, 0) is 0 Å². The second-order valence-electron chi connectivity index (χ2n) is 0. The molecule has 0 aliphatic rings. The Morgan fingerprint density at radius 2 is 0.750 bits per heavy atom. The van der Waals surface area contributed by atoms with Gasteiger partial charge in [-0.1, -0.05) is 27.7 Å². The molecule has 0 saturated carbocycles. The Hall–Kier alpha value is 0. The van der Waals surface area contributed by atoms with Gasteiger partial charge >= 0.3 is 0 Å². The summed E-state index contributed by atoms with van der Waals surface area (Å²) >= 11 is 0. The molecule has 0 heteroatoms. The molecule has 0 nitrogen and oxygen atoms in total. The van der Waals surface area contributed by atoms with Crippen molar-refractivity contribution in [2.75, 3.05) is 0 Å². The van der Waals surface area contributed by atoms with Crippen LogP contribution in [-0.2, 0) is 0 Å². The number of rotatable bonds is 0. The van der Waals surface area contributed by atoms with E-state index >= 15 is 0 Å². The van der Waals surface area contributed by atoms with Crippen molar-refractivity contribution in [1.82, 2.24) is 0 Å². The zero-order valence-electron chi connectivity index (χ0n) is 5.00. The quantitative estimate of drug-likeness (QED) is 0.402. The Labute approximate surface area is 30.3 Å². The average Bonchev–Trinajstić information content (AvgIpc) is 1.50. The van der Waals surface area contributed by atoms with E-state index in [1.165, 1.54) is 0 Å². The Morgan fingerprint density at radius 1 is 0.750 bits per heavy atom. The van der Waals surface area contributed by atoms with Crippen molar-refractivity contribution in [1.29, 1.82) is 0 Å². The van der Waals surface area contributed by atoms with E-state index in [2.05, 4.69) is 0 Å². The fraction of sp³-hybridized carbons (Fsp3) is 1.00. The predicted molar refractivity (Wildman–Crippen MR) is 23.8 cm³/mol. The van der Waals surface area contributed by atoms with Crippen molar-refractivity contribution in [2.24, 2.45) is 0 Å². The van der Waals surface area contributed by atoms with Gasteiger partial charge in [0.1, 0.15) is 0 Å². The molecule has 0 aromatic carbocycles. The van der Waals surface area contributed by atoms with E-state index in [0.717, 1.165) is 0 Å². The summed E-state index contributed by atoms with van der Waals surface area (Å²) in [6.45, 7) is 8.00. The number of hydrogen-bond acceptors (Lipinski definition) is 0. The summed E-state index contributed by atoms with van der Waals surface area (Å²) in [5.41, 5.74) is 0. The van der Waals surface area contributed by atoms with E-state index in [1.54, 1.807) is 0 Å². The van der Waals surface area contributed by atoms with Crippen molar-refractivity contribution in [3.05, 3.63) is 0 Å². The summed E-state index contributed by atoms with van der Waals surface area (Å²) in [5, 5.41) is 0. The van der Waals surface area contributed by atoms with Crippen molar-refractivity contribution >= 4 is 0 Å². The lowest BCUT2D eigenvalue weighted by atomic mass is 11.0. The van der Waals surface area contributed by atoms with E-state index < -0.39 is 0 Å². The third-order valence-corrected chi connectivity index (χ3v) is 0. The predicted octanol–water partition coefficient (Wildman–Crippen LogP) is 2.16. The molecule has 0 amide bonds. The summed E-state index contributed by atoms with van der Waals surface area (Å²) in [6.07, 6.45) is 0. The van der Waals surface area contributed by atoms with Crippen molar-refractivity contribution in [3.8, 4) is 0 Å². The van der Waals surface area contributed by atoms with Crippen LogP contribution in [0.2, 0.25) is 0 Å². The van der Waals surface area contributed by atoms with Crippen molar-refractivity contribution in [3.63, 3.8) is 0 Å². The molecule has 0 radical (unpaired) electrons. The summed E-state index contributed by atoms with van der Waals surface area (Å²) in [7, 11) is 0. The maximum atomic E-state index is 2.00. The monoisotopic (exact) mass is 61.1 g/mol. The maximum absolute atomic E-state index is 2.00. The van der Waals surface area contributed by atoms with Crippen LogP contribution >= 0.6 is 0 Å². The lowest BCUT2D eigenvalue weighted by molar-refractivity contribution is 1.50. The highest BCUT2D eigenvalue weighted by Gasteiger charge is 0.934. The fourth-order valence-electron chi connectivity index (χ4n) is 0. The summed E-state index contributed by atoms with van der Waals surface area (Å²) in [5.74, 6) is 0. The molecule has 0 saturated heterocycles. The van der Waals surface area contributed by atoms with Gasteiger partial charge < -0.3 is 1.43 Å². The third-order valence-electron chi connectivity index (χ3n) is 0. The van der Waals surface area contributed by atoms with Crippen LogP contribution in [0.15, 0.2) is 0 Å². The second-order valence-corrected chi connectivity index (χ2v) is 0. The minimum Gasteiger partial charge on any atom is -1.00 e. The normalized spacial score (nSPS) is 3.00. The highest BCUT2D eigenvalue weighted by molar-refractivity contribution is 3.51. The van der Waals surface area contributed by atoms with Gasteiger partial charge in [0.25, 0.3) is 0 Å². The molecule has 0 bridgehead atoms. The Morgan fingerprint density at radius 3 is 0.750 bits per heavy atom. The molecular weight excluding hydrogens is 48.0 g/mol. The van der Waals surface area contributed by atoms with Crippen LogP contribution in [-0.4, -0.2) is 0 Å². The molecule has 0 N–H and O–H groups in total. The first-order chi connectivity index (χ1) is 2.00. The van der Waals surface area contributed by atoms with Gasteiger partial charge in [0.2, 0.25) is 0 Å². The molecule has 0 aliphatic heterocycles. The van der Waals surface area contributed by atoms with Crippen LogP contribution in [0.25, 0.3) is 0 Å². The minimum absolute atomic E-state index is 0. The zero-order valence-corrected chi connectivity index (χ0v) is 4.00. The molecule has 0 atom stereocenters. The van der Waals surface area contributed by atoms with E-state index in [-0.39, 0.29) is 1.43 Å². The first-order valence-electron chi connectivity index (χ1n) is 2.00. The molecule has 0 aromatic rings. The largest absolute Gasteiger partial charge is 1.00 e. The third kappa shape index (κ3) is 0. The summed E-state index contributed by atoms with van der Waals surface area (Å²) in [4.78, 5) is 0. The SMILES string of the molecule is CC.CC.[H-]. The van der Waals surface area contributed by atoms with Gasteiger partial charge in [-0.25, -0.2) is 0 Å². The van der Waals surface area contributed by atoms with Crippen molar-refractivity contribution in [2.45, 2.75) is 27.7 Å². The van der Waals surface area contributed by atoms with Gasteiger partial charge in [0.05, 0.1) is 0 Å². The highest BCUT2D eigenvalue weighted by Crippen LogP contribution is 1.15. The summed E-state index contributed by atoms with van der Waals surface area (Å²) in [6, 6.07) is 0. The minimum atomic E-state index is 0. The second kappa shape index (κ2) is 0. The van der Waals surface area contributed by atoms with Crippen LogP contribution in [0.1, 0.15) is 29.1 Å². The fourth-order valence-corrected chi connectivity index (χ4v) is 0. The average molecular weight is 61.1 g/mol. The van der Waals surface area contributed by atoms with E-state index in [0.29, 0.717) is 0 Å². The van der Waals surface area contributed by atoms with E-state index in [1.807, 2.05) is 27.7 Å². The van der Waals surface area contributed by atoms with Gasteiger partial charge in [-0.15, -0.1) is 0 Å². The van der Waals surface area contributed by atoms with E-state index in [9.17, 15) is 0 Å². The number of hydrogen-bond donors (Lipinski definition) is 0. The molecule has 0 heterocycles. The molecule has 0 aliphatic carbocycles. The molecule has 30 valence electrons. The lowest BCUT2D eigenvalue weighted by Crippen LogP contribution is -0.856. The standard InChI is InChI=1S/2C2H6.H/c2*1-2;/h2*1-2H3;/q;;-1. The molecule has 0 unspecified atom stereocenters. The summed E-state index contributed by atoms with van der Waals surface area (Å²) < 4.78 is 0. The highest BCUT2D eigenvalue weighted by atomic mass is 13.0. The van der Waals surface area contributed by atoms with Crippen LogP contribution in [0.5, 0.6) is 0 Å². The molecule has 0 aromatic heterocycles. The Kier molecular flexibility index (Phi) is 0. The molecule has 4 heavy (non-hydrogen) atoms. The molecule has 0 fully saturated rings. The Balaban J connectivity index is -0.0000000133. The van der Waals surface area contributed by atoms with Gasteiger partial charge in [-0.3, -0.25) is 0 Å². The molecular formula is C4H13-. The first kappa shape index (κ1) is 9.00. The van der Waals surface area contributed by atoms with Gasteiger partial charge in [0, 0.05) is 0 Å². The Bertz CT molecular complexity index is 3.61. The zero-order chi connectivity index (χ0) is 4.00. The molecule has 0 rings (SSSR count). The van der Waals surface area contributed by atoms with Gasteiger partial charge in [0.15, 0.2) is 0 Å². The van der Waals surface area contributed by atoms with Crippen molar-refractivity contribution < 1.29 is 1.43 Å². The van der Waals surface area contributed by atoms with E-state index in [4.69, 9.17) is 0 Å². The maximum Gasteiger partial charge on any atom is -0.0683 e. The first-order valence-corrected chi connectivity index (χ1v) is 2.00. The van der Waals surface area contributed by atoms with Crippen LogP contribution in [0.4, 0.5) is 0 Å². The molecule has 0 spiro atoms.